The van der Waals surface area contributed by atoms with Crippen LogP contribution in [0.15, 0.2) is 59.4 Å². The molecule has 0 bridgehead atoms. The van der Waals surface area contributed by atoms with Gasteiger partial charge in [-0.15, -0.1) is 0 Å². The van der Waals surface area contributed by atoms with Gasteiger partial charge < -0.3 is 9.64 Å². The van der Waals surface area contributed by atoms with E-state index in [2.05, 4.69) is 6.92 Å². The Bertz CT molecular complexity index is 1190. The summed E-state index contributed by atoms with van der Waals surface area (Å²) >= 11 is 0. The number of amides is 1. The van der Waals surface area contributed by atoms with Crippen molar-refractivity contribution < 1.29 is 14.3 Å². The van der Waals surface area contributed by atoms with Crippen LogP contribution < -0.4 is 5.56 Å². The average molecular weight is 478 g/mol. The molecule has 0 aliphatic carbocycles. The lowest BCUT2D eigenvalue weighted by Crippen LogP contribution is -2.38. The fourth-order valence-corrected chi connectivity index (χ4v) is 4.23. The van der Waals surface area contributed by atoms with Crippen LogP contribution in [0, 0.1) is 0 Å². The molecule has 1 aromatic heterocycles. The zero-order chi connectivity index (χ0) is 25.2. The summed E-state index contributed by atoms with van der Waals surface area (Å²) in [6.07, 6.45) is 4.10. The van der Waals surface area contributed by atoms with Crippen LogP contribution >= 0.6 is 0 Å². The lowest BCUT2D eigenvalue weighted by atomic mass is 10.1. The second-order valence-electron chi connectivity index (χ2n) is 8.59. The van der Waals surface area contributed by atoms with E-state index in [9.17, 15) is 14.4 Å². The highest BCUT2D eigenvalue weighted by Crippen LogP contribution is 2.24. The molecule has 0 saturated heterocycles. The Morgan fingerprint density at radius 3 is 2.40 bits per heavy atom. The maximum Gasteiger partial charge on any atom is 0.306 e. The third-order valence-electron chi connectivity index (χ3n) is 6.08. The molecule has 0 fully saturated rings. The Kier molecular flexibility index (Phi) is 9.58. The highest BCUT2D eigenvalue weighted by atomic mass is 16.5. The van der Waals surface area contributed by atoms with Crippen LogP contribution in [0.3, 0.4) is 0 Å². The van der Waals surface area contributed by atoms with Crippen molar-refractivity contribution in [3.05, 3.63) is 70.8 Å². The third-order valence-corrected chi connectivity index (χ3v) is 6.08. The number of hydrogen-bond acceptors (Lipinski definition) is 5. The summed E-state index contributed by atoms with van der Waals surface area (Å²) in [4.78, 5) is 45.4. The van der Waals surface area contributed by atoms with Gasteiger partial charge in [-0.25, -0.2) is 4.98 Å². The van der Waals surface area contributed by atoms with E-state index in [4.69, 9.17) is 9.72 Å². The smallest absolute Gasteiger partial charge is 0.306 e. The van der Waals surface area contributed by atoms with Gasteiger partial charge in [0.1, 0.15) is 5.82 Å². The van der Waals surface area contributed by atoms with E-state index in [-0.39, 0.29) is 36.9 Å². The molecule has 0 spiro atoms. The van der Waals surface area contributed by atoms with Gasteiger partial charge in [-0.2, -0.15) is 0 Å². The zero-order valence-corrected chi connectivity index (χ0v) is 20.9. The quantitative estimate of drug-likeness (QED) is 0.265. The van der Waals surface area contributed by atoms with E-state index >= 15 is 0 Å². The van der Waals surface area contributed by atoms with E-state index < -0.39 is 6.04 Å². The SMILES string of the molecule is CCCCCCN(C(=O)CCC(=O)OCC)C(C)c1nc2ccccc2c(=O)n1-c1ccccc1. The Hall–Kier alpha value is -3.48. The highest BCUT2D eigenvalue weighted by Gasteiger charge is 2.27. The van der Waals surface area contributed by atoms with Crippen molar-refractivity contribution in [3.8, 4) is 5.69 Å². The first-order valence-corrected chi connectivity index (χ1v) is 12.5. The summed E-state index contributed by atoms with van der Waals surface area (Å²) < 4.78 is 6.61. The topological polar surface area (TPSA) is 81.5 Å². The Balaban J connectivity index is 2.03. The summed E-state index contributed by atoms with van der Waals surface area (Å²) in [5.41, 5.74) is 1.12. The lowest BCUT2D eigenvalue weighted by molar-refractivity contribution is -0.146. The first-order chi connectivity index (χ1) is 17.0. The number of esters is 1. The van der Waals surface area contributed by atoms with Gasteiger partial charge in [-0.1, -0.05) is 56.5 Å². The fourth-order valence-electron chi connectivity index (χ4n) is 4.23. The number of aromatic nitrogens is 2. The third kappa shape index (κ3) is 6.56. The first kappa shape index (κ1) is 26.1. The number of carbonyl (C=O) groups is 2. The standard InChI is InChI=1S/C28H35N3O4/c1-4-6-7-13-20-30(25(32)18-19-26(33)35-5-2)21(3)27-29-24-17-12-11-16-23(24)28(34)31(27)22-14-9-8-10-15-22/h8-12,14-17,21H,4-7,13,18-20H2,1-3H3. The second kappa shape index (κ2) is 12.8. The maximum absolute atomic E-state index is 13.6. The highest BCUT2D eigenvalue weighted by molar-refractivity contribution is 5.82. The molecule has 1 atom stereocenters. The molecule has 1 amide bonds. The Morgan fingerprint density at radius 1 is 0.971 bits per heavy atom. The van der Waals surface area contributed by atoms with E-state index in [1.807, 2.05) is 55.5 Å². The number of nitrogens with zero attached hydrogens (tertiary/aromatic N) is 3. The van der Waals surface area contributed by atoms with Crippen LogP contribution in [0.2, 0.25) is 0 Å². The molecule has 3 rings (SSSR count). The normalized spacial score (nSPS) is 11.9. The Labute approximate surface area is 206 Å². The molecule has 0 aliphatic rings. The van der Waals surface area contributed by atoms with Gasteiger partial charge in [0.2, 0.25) is 5.91 Å². The van der Waals surface area contributed by atoms with Crippen LogP contribution in [-0.2, 0) is 14.3 Å². The van der Waals surface area contributed by atoms with E-state index in [0.717, 1.165) is 25.7 Å². The molecule has 1 heterocycles. The summed E-state index contributed by atoms with van der Waals surface area (Å²) in [5, 5.41) is 0.524. The predicted molar refractivity (Wildman–Crippen MR) is 137 cm³/mol. The lowest BCUT2D eigenvalue weighted by Gasteiger charge is -2.31. The summed E-state index contributed by atoms with van der Waals surface area (Å²) in [6.45, 7) is 6.60. The molecule has 35 heavy (non-hydrogen) atoms. The molecule has 7 nitrogen and oxygen atoms in total. The van der Waals surface area contributed by atoms with Crippen molar-refractivity contribution >= 4 is 22.8 Å². The van der Waals surface area contributed by atoms with Crippen LogP contribution in [0.5, 0.6) is 0 Å². The minimum Gasteiger partial charge on any atom is -0.466 e. The number of carbonyl (C=O) groups excluding carboxylic acids is 2. The van der Waals surface area contributed by atoms with Crippen LogP contribution in [0.25, 0.3) is 16.6 Å². The van der Waals surface area contributed by atoms with Crippen molar-refractivity contribution in [2.24, 2.45) is 0 Å². The van der Waals surface area contributed by atoms with Crippen molar-refractivity contribution in [1.29, 1.82) is 0 Å². The van der Waals surface area contributed by atoms with Gasteiger partial charge in [-0.3, -0.25) is 19.0 Å². The number of para-hydroxylation sites is 2. The van der Waals surface area contributed by atoms with Crippen molar-refractivity contribution in [2.45, 2.75) is 65.3 Å². The van der Waals surface area contributed by atoms with Crippen LogP contribution in [0.4, 0.5) is 0 Å². The summed E-state index contributed by atoms with van der Waals surface area (Å²) in [5.74, 6) is -0.0339. The molecule has 0 saturated carbocycles. The second-order valence-corrected chi connectivity index (χ2v) is 8.59. The number of rotatable bonds is 12. The van der Waals surface area contributed by atoms with Crippen molar-refractivity contribution in [3.63, 3.8) is 0 Å². The largest absolute Gasteiger partial charge is 0.466 e. The van der Waals surface area contributed by atoms with E-state index in [0.29, 0.717) is 29.0 Å². The number of unbranched alkanes of at least 4 members (excludes halogenated alkanes) is 3. The molecule has 2 aromatic carbocycles. The van der Waals surface area contributed by atoms with Gasteiger partial charge in [-0.05, 0) is 44.5 Å². The predicted octanol–water partition coefficient (Wildman–Crippen LogP) is 5.20. The number of benzene rings is 2. The number of fused-ring (bicyclic) bond motifs is 1. The van der Waals surface area contributed by atoms with Crippen LogP contribution in [-0.4, -0.2) is 39.5 Å². The van der Waals surface area contributed by atoms with Crippen molar-refractivity contribution in [1.82, 2.24) is 14.5 Å². The molecule has 7 heteroatoms. The van der Waals surface area contributed by atoms with E-state index in [1.165, 1.54) is 0 Å². The zero-order valence-electron chi connectivity index (χ0n) is 20.9. The molecule has 3 aromatic rings. The molecule has 0 N–H and O–H groups in total. The van der Waals surface area contributed by atoms with Gasteiger partial charge in [0.15, 0.2) is 0 Å². The van der Waals surface area contributed by atoms with Gasteiger partial charge in [0.05, 0.1) is 35.7 Å². The molecule has 186 valence electrons. The number of ether oxygens (including phenoxy) is 1. The Morgan fingerprint density at radius 2 is 1.69 bits per heavy atom. The molecule has 0 aliphatic heterocycles. The fraction of sp³-hybridized carbons (Fsp3) is 0.429. The summed E-state index contributed by atoms with van der Waals surface area (Å²) in [6, 6.07) is 16.2. The molecule has 0 radical (unpaired) electrons. The molecular formula is C28H35N3O4. The maximum atomic E-state index is 13.6. The molecular weight excluding hydrogens is 442 g/mol. The van der Waals surface area contributed by atoms with E-state index in [1.54, 1.807) is 22.5 Å². The van der Waals surface area contributed by atoms with Crippen LogP contribution in [0.1, 0.15) is 71.2 Å². The first-order valence-electron chi connectivity index (χ1n) is 12.5. The minimum absolute atomic E-state index is 0.0293. The number of hydrogen-bond donors (Lipinski definition) is 0. The van der Waals surface area contributed by atoms with Crippen molar-refractivity contribution in [2.75, 3.05) is 13.2 Å². The average Bonchev–Trinajstić information content (AvgIpc) is 2.87. The molecule has 1 unspecified atom stereocenters. The minimum atomic E-state index is -0.469. The summed E-state index contributed by atoms with van der Waals surface area (Å²) in [7, 11) is 0. The van der Waals surface area contributed by atoms with Gasteiger partial charge in [0, 0.05) is 13.0 Å². The monoisotopic (exact) mass is 477 g/mol. The van der Waals surface area contributed by atoms with Gasteiger partial charge in [0.25, 0.3) is 5.56 Å². The van der Waals surface area contributed by atoms with Gasteiger partial charge >= 0.3 is 5.97 Å².